The maximum atomic E-state index is 5.37. The first-order chi connectivity index (χ1) is 11.2. The van der Waals surface area contributed by atoms with Gasteiger partial charge in [0.05, 0.1) is 13.2 Å². The van der Waals surface area contributed by atoms with E-state index in [0.717, 1.165) is 16.9 Å². The molecule has 0 bridgehead atoms. The van der Waals surface area contributed by atoms with Crippen LogP contribution in [-0.4, -0.2) is 24.3 Å². The van der Waals surface area contributed by atoms with Crippen LogP contribution in [0.25, 0.3) is 11.5 Å². The zero-order valence-corrected chi connectivity index (χ0v) is 13.4. The molecule has 0 aliphatic rings. The maximum absolute atomic E-state index is 5.37. The Morgan fingerprint density at radius 3 is 2.39 bits per heavy atom. The fourth-order valence-electron chi connectivity index (χ4n) is 2.34. The highest BCUT2D eigenvalue weighted by Crippen LogP contribution is 2.26. The van der Waals surface area contributed by atoms with E-state index in [1.165, 1.54) is 0 Å². The van der Waals surface area contributed by atoms with E-state index in [-0.39, 0.29) is 6.04 Å². The summed E-state index contributed by atoms with van der Waals surface area (Å²) >= 11 is 0. The molecule has 0 saturated carbocycles. The predicted molar refractivity (Wildman–Crippen MR) is 89.5 cm³/mol. The van der Waals surface area contributed by atoms with Crippen molar-refractivity contribution >= 4 is 5.95 Å². The normalized spacial score (nSPS) is 12.0. The molecule has 1 atom stereocenters. The molecule has 5 nitrogen and oxygen atoms in total. The van der Waals surface area contributed by atoms with Crippen LogP contribution in [0.4, 0.5) is 5.95 Å². The minimum atomic E-state index is 0.113. The second kappa shape index (κ2) is 6.52. The molecule has 1 heterocycles. The highest BCUT2D eigenvalue weighted by Gasteiger charge is 2.18. The average molecular weight is 309 g/mol. The molecule has 23 heavy (non-hydrogen) atoms. The van der Waals surface area contributed by atoms with Crippen LogP contribution >= 0.6 is 0 Å². The molecule has 0 aliphatic heterocycles. The molecule has 0 fully saturated rings. The van der Waals surface area contributed by atoms with Crippen LogP contribution in [0, 0.1) is 0 Å². The van der Waals surface area contributed by atoms with E-state index in [9.17, 15) is 0 Å². The average Bonchev–Trinajstić information content (AvgIpc) is 3.11. The third kappa shape index (κ3) is 3.18. The molecule has 118 valence electrons. The summed E-state index contributed by atoms with van der Waals surface area (Å²) < 4.78 is 10.6. The molecule has 0 spiro atoms. The minimum absolute atomic E-state index is 0.113. The number of rotatable bonds is 5. The van der Waals surface area contributed by atoms with Gasteiger partial charge in [-0.2, -0.15) is 4.98 Å². The van der Waals surface area contributed by atoms with Crippen LogP contribution in [0.1, 0.15) is 18.5 Å². The molecule has 5 heteroatoms. The summed E-state index contributed by atoms with van der Waals surface area (Å²) in [5.74, 6) is 1.93. The van der Waals surface area contributed by atoms with E-state index in [4.69, 9.17) is 9.26 Å². The SMILES string of the molecule is COc1ccc(C(C)N(C)c2noc(-c3ccccc3)n2)cc1. The van der Waals surface area contributed by atoms with Gasteiger partial charge in [-0.25, -0.2) is 0 Å². The molecule has 3 rings (SSSR count). The highest BCUT2D eigenvalue weighted by atomic mass is 16.5. The maximum Gasteiger partial charge on any atom is 0.266 e. The molecular weight excluding hydrogens is 290 g/mol. The number of aromatic nitrogens is 2. The van der Waals surface area contributed by atoms with Crippen LogP contribution in [0.3, 0.4) is 0 Å². The molecule has 3 aromatic rings. The number of benzene rings is 2. The van der Waals surface area contributed by atoms with Gasteiger partial charge >= 0.3 is 0 Å². The standard InChI is InChI=1S/C18H19N3O2/c1-13(14-9-11-16(22-3)12-10-14)21(2)18-19-17(23-20-18)15-7-5-4-6-8-15/h4-13H,1-3H3. The zero-order valence-electron chi connectivity index (χ0n) is 13.4. The van der Waals surface area contributed by atoms with Gasteiger partial charge in [0.15, 0.2) is 0 Å². The molecule has 2 aromatic carbocycles. The van der Waals surface area contributed by atoms with Crippen molar-refractivity contribution in [3.8, 4) is 17.2 Å². The Morgan fingerprint density at radius 2 is 1.74 bits per heavy atom. The first kappa shape index (κ1) is 15.1. The first-order valence-corrected chi connectivity index (χ1v) is 7.45. The lowest BCUT2D eigenvalue weighted by Gasteiger charge is -2.23. The van der Waals surface area contributed by atoms with Gasteiger partial charge < -0.3 is 14.2 Å². The largest absolute Gasteiger partial charge is 0.497 e. The van der Waals surface area contributed by atoms with Crippen molar-refractivity contribution in [2.45, 2.75) is 13.0 Å². The van der Waals surface area contributed by atoms with E-state index in [2.05, 4.69) is 17.1 Å². The van der Waals surface area contributed by atoms with Gasteiger partial charge in [0.1, 0.15) is 5.75 Å². The number of methoxy groups -OCH3 is 1. The van der Waals surface area contributed by atoms with Crippen molar-refractivity contribution in [3.63, 3.8) is 0 Å². The number of ether oxygens (including phenoxy) is 1. The number of hydrogen-bond acceptors (Lipinski definition) is 5. The van der Waals surface area contributed by atoms with Crippen LogP contribution in [0.2, 0.25) is 0 Å². The third-order valence-corrected chi connectivity index (χ3v) is 3.93. The van der Waals surface area contributed by atoms with E-state index in [1.807, 2.05) is 66.5 Å². The molecule has 0 saturated heterocycles. The molecule has 1 aromatic heterocycles. The Morgan fingerprint density at radius 1 is 1.04 bits per heavy atom. The fraction of sp³-hybridized carbons (Fsp3) is 0.222. The number of anilines is 1. The Labute approximate surface area is 135 Å². The molecule has 0 N–H and O–H groups in total. The van der Waals surface area contributed by atoms with Gasteiger partial charge in [-0.1, -0.05) is 30.3 Å². The molecular formula is C18H19N3O2. The lowest BCUT2D eigenvalue weighted by molar-refractivity contribution is 0.414. The Bertz CT molecular complexity index is 753. The topological polar surface area (TPSA) is 51.4 Å². The van der Waals surface area contributed by atoms with E-state index in [0.29, 0.717) is 11.8 Å². The van der Waals surface area contributed by atoms with Crippen molar-refractivity contribution in [2.24, 2.45) is 0 Å². The fourth-order valence-corrected chi connectivity index (χ4v) is 2.34. The van der Waals surface area contributed by atoms with Gasteiger partial charge in [0.2, 0.25) is 0 Å². The Hall–Kier alpha value is -2.82. The van der Waals surface area contributed by atoms with Crippen LogP contribution < -0.4 is 9.64 Å². The van der Waals surface area contributed by atoms with Crippen molar-refractivity contribution in [1.29, 1.82) is 0 Å². The summed E-state index contributed by atoms with van der Waals surface area (Å²) in [6.07, 6.45) is 0. The number of nitrogens with zero attached hydrogens (tertiary/aromatic N) is 3. The number of hydrogen-bond donors (Lipinski definition) is 0. The van der Waals surface area contributed by atoms with E-state index >= 15 is 0 Å². The Balaban J connectivity index is 1.79. The van der Waals surface area contributed by atoms with Gasteiger partial charge in [-0.3, -0.25) is 0 Å². The van der Waals surface area contributed by atoms with Crippen molar-refractivity contribution < 1.29 is 9.26 Å². The predicted octanol–water partition coefficient (Wildman–Crippen LogP) is 3.94. The monoisotopic (exact) mass is 309 g/mol. The second-order valence-electron chi connectivity index (χ2n) is 5.33. The summed E-state index contributed by atoms with van der Waals surface area (Å²) in [6, 6.07) is 17.8. The zero-order chi connectivity index (χ0) is 16.2. The van der Waals surface area contributed by atoms with Gasteiger partial charge in [0, 0.05) is 12.6 Å². The lowest BCUT2D eigenvalue weighted by Crippen LogP contribution is -2.22. The van der Waals surface area contributed by atoms with Crippen LogP contribution in [0.5, 0.6) is 5.75 Å². The minimum Gasteiger partial charge on any atom is -0.497 e. The van der Waals surface area contributed by atoms with Crippen LogP contribution in [-0.2, 0) is 0 Å². The summed E-state index contributed by atoms with van der Waals surface area (Å²) in [6.45, 7) is 2.10. The highest BCUT2D eigenvalue weighted by molar-refractivity contribution is 5.54. The van der Waals surface area contributed by atoms with Gasteiger partial charge in [-0.05, 0) is 41.9 Å². The third-order valence-electron chi connectivity index (χ3n) is 3.93. The summed E-state index contributed by atoms with van der Waals surface area (Å²) in [4.78, 5) is 6.47. The first-order valence-electron chi connectivity index (χ1n) is 7.45. The van der Waals surface area contributed by atoms with E-state index < -0.39 is 0 Å². The summed E-state index contributed by atoms with van der Waals surface area (Å²) in [7, 11) is 3.61. The van der Waals surface area contributed by atoms with E-state index in [1.54, 1.807) is 7.11 Å². The van der Waals surface area contributed by atoms with Gasteiger partial charge in [-0.15, -0.1) is 0 Å². The van der Waals surface area contributed by atoms with Crippen LogP contribution in [0.15, 0.2) is 59.1 Å². The quantitative estimate of drug-likeness (QED) is 0.714. The Kier molecular flexibility index (Phi) is 4.28. The smallest absolute Gasteiger partial charge is 0.266 e. The molecule has 0 aliphatic carbocycles. The van der Waals surface area contributed by atoms with Gasteiger partial charge in [0.25, 0.3) is 11.8 Å². The lowest BCUT2D eigenvalue weighted by atomic mass is 10.1. The molecule has 1 unspecified atom stereocenters. The molecule has 0 radical (unpaired) electrons. The second-order valence-corrected chi connectivity index (χ2v) is 5.33. The van der Waals surface area contributed by atoms with Crippen molar-refractivity contribution in [3.05, 3.63) is 60.2 Å². The summed E-state index contributed by atoms with van der Waals surface area (Å²) in [5, 5.41) is 4.09. The van der Waals surface area contributed by atoms with Crippen molar-refractivity contribution in [2.75, 3.05) is 19.1 Å². The summed E-state index contributed by atoms with van der Waals surface area (Å²) in [5.41, 5.74) is 2.07. The molecule has 0 amide bonds. The van der Waals surface area contributed by atoms with Crippen molar-refractivity contribution in [1.82, 2.24) is 10.1 Å².